The normalized spacial score (nSPS) is 10.7. The predicted molar refractivity (Wildman–Crippen MR) is 86.6 cm³/mol. The van der Waals surface area contributed by atoms with E-state index < -0.39 is 0 Å². The fourth-order valence-corrected chi connectivity index (χ4v) is 2.05. The van der Waals surface area contributed by atoms with Crippen LogP contribution in [0.4, 0.5) is 5.82 Å². The van der Waals surface area contributed by atoms with Crippen LogP contribution in [0, 0.1) is 5.92 Å². The molecule has 5 heteroatoms. The summed E-state index contributed by atoms with van der Waals surface area (Å²) in [6.45, 7) is 11.2. The highest BCUT2D eigenvalue weighted by molar-refractivity contribution is 5.91. The van der Waals surface area contributed by atoms with Gasteiger partial charge < -0.3 is 10.2 Å². The molecule has 0 atom stereocenters. The SMILES string of the molecule is CCCN(CCC)c1cnc(C(=O)NCCC(C)C)cn1. The van der Waals surface area contributed by atoms with Gasteiger partial charge in [0.25, 0.3) is 5.91 Å². The van der Waals surface area contributed by atoms with Crippen LogP contribution in [0.3, 0.4) is 0 Å². The maximum absolute atomic E-state index is 11.9. The number of nitrogens with one attached hydrogen (secondary N) is 1. The zero-order valence-electron chi connectivity index (χ0n) is 13.7. The van der Waals surface area contributed by atoms with Crippen molar-refractivity contribution in [1.29, 1.82) is 0 Å². The Hall–Kier alpha value is -1.65. The van der Waals surface area contributed by atoms with Gasteiger partial charge in [-0.1, -0.05) is 27.7 Å². The summed E-state index contributed by atoms with van der Waals surface area (Å²) in [5.74, 6) is 1.28. The first-order valence-corrected chi connectivity index (χ1v) is 7.93. The van der Waals surface area contributed by atoms with Crippen molar-refractivity contribution in [3.8, 4) is 0 Å². The lowest BCUT2D eigenvalue weighted by Gasteiger charge is -2.22. The molecule has 1 heterocycles. The molecule has 0 aromatic carbocycles. The highest BCUT2D eigenvalue weighted by atomic mass is 16.1. The molecule has 0 radical (unpaired) electrons. The van der Waals surface area contributed by atoms with E-state index in [9.17, 15) is 4.79 Å². The van der Waals surface area contributed by atoms with Crippen molar-refractivity contribution in [2.24, 2.45) is 5.92 Å². The van der Waals surface area contributed by atoms with Gasteiger partial charge >= 0.3 is 0 Å². The molecule has 0 saturated carbocycles. The fourth-order valence-electron chi connectivity index (χ4n) is 2.05. The minimum Gasteiger partial charge on any atom is -0.355 e. The first-order chi connectivity index (χ1) is 10.1. The molecule has 5 nitrogen and oxygen atoms in total. The summed E-state index contributed by atoms with van der Waals surface area (Å²) >= 11 is 0. The Morgan fingerprint density at radius 2 is 1.86 bits per heavy atom. The number of hydrogen-bond acceptors (Lipinski definition) is 4. The highest BCUT2D eigenvalue weighted by Gasteiger charge is 2.10. The van der Waals surface area contributed by atoms with Crippen molar-refractivity contribution in [3.05, 3.63) is 18.1 Å². The second kappa shape index (κ2) is 9.32. The van der Waals surface area contributed by atoms with Gasteiger partial charge in [-0.25, -0.2) is 9.97 Å². The molecule has 0 aliphatic carbocycles. The van der Waals surface area contributed by atoms with Crippen LogP contribution in [0.5, 0.6) is 0 Å². The van der Waals surface area contributed by atoms with Crippen molar-refractivity contribution in [3.63, 3.8) is 0 Å². The molecule has 0 aliphatic heterocycles. The van der Waals surface area contributed by atoms with Crippen molar-refractivity contribution in [2.45, 2.75) is 47.0 Å². The standard InChI is InChI=1S/C16H28N4O/c1-5-9-20(10-6-2)15-12-18-14(11-19-15)16(21)17-8-7-13(3)4/h11-13H,5-10H2,1-4H3,(H,17,21). The quantitative estimate of drug-likeness (QED) is 0.760. The Morgan fingerprint density at radius 3 is 2.33 bits per heavy atom. The van der Waals surface area contributed by atoms with Gasteiger partial charge in [-0.2, -0.15) is 0 Å². The van der Waals surface area contributed by atoms with E-state index in [0.717, 1.165) is 38.2 Å². The molecule has 0 saturated heterocycles. The van der Waals surface area contributed by atoms with Crippen LogP contribution in [0.2, 0.25) is 0 Å². The van der Waals surface area contributed by atoms with Crippen molar-refractivity contribution < 1.29 is 4.79 Å². The average Bonchev–Trinajstić information content (AvgIpc) is 2.47. The molecule has 118 valence electrons. The zero-order valence-corrected chi connectivity index (χ0v) is 13.7. The van der Waals surface area contributed by atoms with Crippen LogP contribution >= 0.6 is 0 Å². The van der Waals surface area contributed by atoms with Gasteiger partial charge in [-0.3, -0.25) is 4.79 Å². The third-order valence-electron chi connectivity index (χ3n) is 3.19. The van der Waals surface area contributed by atoms with Gasteiger partial charge in [0.05, 0.1) is 12.4 Å². The minimum atomic E-state index is -0.146. The lowest BCUT2D eigenvalue weighted by molar-refractivity contribution is 0.0946. The Morgan fingerprint density at radius 1 is 1.19 bits per heavy atom. The van der Waals surface area contributed by atoms with E-state index in [4.69, 9.17) is 0 Å². The van der Waals surface area contributed by atoms with E-state index in [2.05, 4.69) is 47.9 Å². The molecule has 21 heavy (non-hydrogen) atoms. The van der Waals surface area contributed by atoms with E-state index >= 15 is 0 Å². The van der Waals surface area contributed by atoms with E-state index in [0.29, 0.717) is 18.2 Å². The summed E-state index contributed by atoms with van der Waals surface area (Å²) < 4.78 is 0. The maximum Gasteiger partial charge on any atom is 0.271 e. The van der Waals surface area contributed by atoms with Gasteiger partial charge in [-0.05, 0) is 25.2 Å². The van der Waals surface area contributed by atoms with Gasteiger partial charge in [0, 0.05) is 19.6 Å². The average molecular weight is 292 g/mol. The summed E-state index contributed by atoms with van der Waals surface area (Å²) in [5, 5.41) is 2.87. The summed E-state index contributed by atoms with van der Waals surface area (Å²) in [6.07, 6.45) is 6.37. The molecule has 0 unspecified atom stereocenters. The highest BCUT2D eigenvalue weighted by Crippen LogP contribution is 2.10. The van der Waals surface area contributed by atoms with E-state index in [-0.39, 0.29) is 5.91 Å². The summed E-state index contributed by atoms with van der Waals surface area (Å²) in [5.41, 5.74) is 0.385. The van der Waals surface area contributed by atoms with Crippen molar-refractivity contribution in [1.82, 2.24) is 15.3 Å². The fraction of sp³-hybridized carbons (Fsp3) is 0.688. The molecule has 0 fully saturated rings. The molecule has 1 amide bonds. The zero-order chi connectivity index (χ0) is 15.7. The largest absolute Gasteiger partial charge is 0.355 e. The van der Waals surface area contributed by atoms with Gasteiger partial charge in [-0.15, -0.1) is 0 Å². The minimum absolute atomic E-state index is 0.146. The number of aromatic nitrogens is 2. The third kappa shape index (κ3) is 6.10. The number of carbonyl (C=O) groups is 1. The lowest BCUT2D eigenvalue weighted by Crippen LogP contribution is -2.28. The Labute approximate surface area is 128 Å². The lowest BCUT2D eigenvalue weighted by atomic mass is 10.1. The second-order valence-electron chi connectivity index (χ2n) is 5.69. The predicted octanol–water partition coefficient (Wildman–Crippen LogP) is 2.88. The molecule has 0 bridgehead atoms. The molecular formula is C16H28N4O. The van der Waals surface area contributed by atoms with Crippen molar-refractivity contribution in [2.75, 3.05) is 24.5 Å². The maximum atomic E-state index is 11.9. The number of nitrogens with zero attached hydrogens (tertiary/aromatic N) is 3. The monoisotopic (exact) mass is 292 g/mol. The molecule has 1 N–H and O–H groups in total. The van der Waals surface area contributed by atoms with Crippen LogP contribution in [0.25, 0.3) is 0 Å². The topological polar surface area (TPSA) is 58.1 Å². The van der Waals surface area contributed by atoms with E-state index in [1.807, 2.05) is 0 Å². The van der Waals surface area contributed by atoms with Gasteiger partial charge in [0.15, 0.2) is 0 Å². The van der Waals surface area contributed by atoms with Gasteiger partial charge in [0.1, 0.15) is 11.5 Å². The molecule has 0 spiro atoms. The third-order valence-corrected chi connectivity index (χ3v) is 3.19. The van der Waals surface area contributed by atoms with Crippen LogP contribution < -0.4 is 10.2 Å². The first kappa shape index (κ1) is 17.4. The molecule has 0 aliphatic rings. The molecule has 1 rings (SSSR count). The number of amides is 1. The van der Waals surface area contributed by atoms with E-state index in [1.165, 1.54) is 0 Å². The van der Waals surface area contributed by atoms with Gasteiger partial charge in [0.2, 0.25) is 0 Å². The van der Waals surface area contributed by atoms with Crippen LogP contribution in [-0.4, -0.2) is 35.5 Å². The van der Waals surface area contributed by atoms with E-state index in [1.54, 1.807) is 12.4 Å². The number of rotatable bonds is 9. The molecular weight excluding hydrogens is 264 g/mol. The Kier molecular flexibility index (Phi) is 7.72. The Balaban J connectivity index is 2.61. The summed E-state index contributed by atoms with van der Waals surface area (Å²) in [6, 6.07) is 0. The van der Waals surface area contributed by atoms with Crippen LogP contribution in [0.1, 0.15) is 57.4 Å². The van der Waals surface area contributed by atoms with Crippen LogP contribution in [0.15, 0.2) is 12.4 Å². The first-order valence-electron chi connectivity index (χ1n) is 7.93. The summed E-state index contributed by atoms with van der Waals surface area (Å²) in [4.78, 5) is 22.8. The molecule has 1 aromatic heterocycles. The summed E-state index contributed by atoms with van der Waals surface area (Å²) in [7, 11) is 0. The van der Waals surface area contributed by atoms with Crippen molar-refractivity contribution >= 4 is 11.7 Å². The number of anilines is 1. The Bertz CT molecular complexity index is 411. The van der Waals surface area contributed by atoms with Crippen LogP contribution in [-0.2, 0) is 0 Å². The molecule has 1 aromatic rings. The number of carbonyl (C=O) groups excluding carboxylic acids is 1. The second-order valence-corrected chi connectivity index (χ2v) is 5.69. The smallest absolute Gasteiger partial charge is 0.271 e. The number of hydrogen-bond donors (Lipinski definition) is 1.